The summed E-state index contributed by atoms with van der Waals surface area (Å²) in [6.45, 7) is 1.10. The second-order valence-corrected chi connectivity index (χ2v) is 3.42. The fraction of sp³-hybridized carbons (Fsp3) is 0.400. The molecule has 1 aromatic carbocycles. The predicted molar refractivity (Wildman–Crippen MR) is 52.8 cm³/mol. The second-order valence-electron chi connectivity index (χ2n) is 3.16. The van der Waals surface area contributed by atoms with Crippen molar-refractivity contribution in [2.24, 2.45) is 0 Å². The monoisotopic (exact) mass is 181 g/mol. The Morgan fingerprint density at radius 2 is 2.33 bits per heavy atom. The minimum Gasteiger partial charge on any atom is -0.385 e. The number of nitrogens with one attached hydrogen (secondary N) is 1. The smallest absolute Gasteiger partial charge is 0.0474 e. The van der Waals surface area contributed by atoms with Gasteiger partial charge in [0.2, 0.25) is 0 Å². The van der Waals surface area contributed by atoms with E-state index in [2.05, 4.69) is 23.5 Å². The van der Waals surface area contributed by atoms with Crippen molar-refractivity contribution in [3.8, 4) is 0 Å². The van der Waals surface area contributed by atoms with Gasteiger partial charge >= 0.3 is 0 Å². The van der Waals surface area contributed by atoms with Crippen LogP contribution in [0.1, 0.15) is 17.5 Å². The van der Waals surface area contributed by atoms with Crippen LogP contribution in [0.3, 0.4) is 0 Å². The van der Waals surface area contributed by atoms with Crippen molar-refractivity contribution < 1.29 is 0 Å². The first-order chi connectivity index (χ1) is 5.90. The maximum Gasteiger partial charge on any atom is 0.0474 e. The predicted octanol–water partition coefficient (Wildman–Crippen LogP) is 2.78. The highest BCUT2D eigenvalue weighted by molar-refractivity contribution is 6.17. The van der Waals surface area contributed by atoms with E-state index in [0.29, 0.717) is 5.88 Å². The summed E-state index contributed by atoms with van der Waals surface area (Å²) < 4.78 is 0. The van der Waals surface area contributed by atoms with Crippen molar-refractivity contribution in [1.82, 2.24) is 0 Å². The summed E-state index contributed by atoms with van der Waals surface area (Å²) >= 11 is 5.75. The number of hydrogen-bond donors (Lipinski definition) is 1. The number of anilines is 1. The molecular formula is C10H12ClN. The lowest BCUT2D eigenvalue weighted by Crippen LogP contribution is -2.11. The SMILES string of the molecule is ClCc1ccc2c(c1)CCCN2. The van der Waals surface area contributed by atoms with E-state index >= 15 is 0 Å². The number of alkyl halides is 1. The molecule has 0 atom stereocenters. The third-order valence-electron chi connectivity index (χ3n) is 2.26. The van der Waals surface area contributed by atoms with Gasteiger partial charge < -0.3 is 5.32 Å². The van der Waals surface area contributed by atoms with Gasteiger partial charge in [-0.15, -0.1) is 11.6 Å². The van der Waals surface area contributed by atoms with E-state index in [0.717, 1.165) is 6.54 Å². The summed E-state index contributed by atoms with van der Waals surface area (Å²) in [5.74, 6) is 0.618. The quantitative estimate of drug-likeness (QED) is 0.657. The maximum atomic E-state index is 5.75. The van der Waals surface area contributed by atoms with Crippen molar-refractivity contribution >= 4 is 17.3 Å². The van der Waals surface area contributed by atoms with Crippen molar-refractivity contribution in [2.75, 3.05) is 11.9 Å². The average Bonchev–Trinajstić information content (AvgIpc) is 2.17. The number of aryl methyl sites for hydroxylation is 1. The molecule has 0 spiro atoms. The van der Waals surface area contributed by atoms with Gasteiger partial charge in [0, 0.05) is 18.1 Å². The Balaban J connectivity index is 2.36. The van der Waals surface area contributed by atoms with E-state index in [1.807, 2.05) is 0 Å². The van der Waals surface area contributed by atoms with E-state index in [4.69, 9.17) is 11.6 Å². The van der Waals surface area contributed by atoms with Gasteiger partial charge in [0.25, 0.3) is 0 Å². The molecule has 1 aliphatic heterocycles. The molecule has 1 N–H and O–H groups in total. The number of rotatable bonds is 1. The summed E-state index contributed by atoms with van der Waals surface area (Å²) in [5.41, 5.74) is 3.92. The Kier molecular flexibility index (Phi) is 2.22. The highest BCUT2D eigenvalue weighted by Gasteiger charge is 2.07. The van der Waals surface area contributed by atoms with Crippen LogP contribution >= 0.6 is 11.6 Å². The van der Waals surface area contributed by atoms with Gasteiger partial charge in [-0.05, 0) is 30.0 Å². The highest BCUT2D eigenvalue weighted by Crippen LogP contribution is 2.23. The van der Waals surface area contributed by atoms with Gasteiger partial charge in [0.1, 0.15) is 0 Å². The van der Waals surface area contributed by atoms with Crippen molar-refractivity contribution in [1.29, 1.82) is 0 Å². The van der Waals surface area contributed by atoms with Crippen molar-refractivity contribution in [3.63, 3.8) is 0 Å². The molecule has 2 heteroatoms. The summed E-state index contributed by atoms with van der Waals surface area (Å²) in [6.07, 6.45) is 2.42. The lowest BCUT2D eigenvalue weighted by atomic mass is 10.0. The van der Waals surface area contributed by atoms with Crippen molar-refractivity contribution in [2.45, 2.75) is 18.7 Å². The van der Waals surface area contributed by atoms with Crippen LogP contribution in [0, 0.1) is 0 Å². The van der Waals surface area contributed by atoms with Gasteiger partial charge in [0.05, 0.1) is 0 Å². The molecule has 2 rings (SSSR count). The Hall–Kier alpha value is -0.690. The largest absolute Gasteiger partial charge is 0.385 e. The molecule has 0 saturated heterocycles. The second kappa shape index (κ2) is 3.36. The maximum absolute atomic E-state index is 5.75. The Morgan fingerprint density at radius 3 is 3.17 bits per heavy atom. The zero-order valence-corrected chi connectivity index (χ0v) is 7.69. The minimum atomic E-state index is 0.618. The number of halogens is 1. The molecule has 64 valence electrons. The molecular weight excluding hydrogens is 170 g/mol. The molecule has 0 saturated carbocycles. The molecule has 0 fully saturated rings. The Morgan fingerprint density at radius 1 is 1.42 bits per heavy atom. The van der Waals surface area contributed by atoms with Crippen LogP contribution in [-0.2, 0) is 12.3 Å². The molecule has 1 aliphatic rings. The first kappa shape index (κ1) is 7.93. The van der Waals surface area contributed by atoms with Crippen molar-refractivity contribution in [3.05, 3.63) is 29.3 Å². The van der Waals surface area contributed by atoms with E-state index < -0.39 is 0 Å². The van der Waals surface area contributed by atoms with Gasteiger partial charge in [0.15, 0.2) is 0 Å². The number of hydrogen-bond acceptors (Lipinski definition) is 1. The number of benzene rings is 1. The summed E-state index contributed by atoms with van der Waals surface area (Å²) in [4.78, 5) is 0. The molecule has 1 heterocycles. The zero-order chi connectivity index (χ0) is 8.39. The molecule has 0 amide bonds. The first-order valence-corrected chi connectivity index (χ1v) is 4.85. The normalized spacial score (nSPS) is 15.1. The topological polar surface area (TPSA) is 12.0 Å². The Bertz CT molecular complexity index is 283. The molecule has 0 aliphatic carbocycles. The first-order valence-electron chi connectivity index (χ1n) is 4.32. The summed E-state index contributed by atoms with van der Waals surface area (Å²) in [6, 6.07) is 6.42. The van der Waals surface area contributed by atoms with Crippen LogP contribution < -0.4 is 5.32 Å². The molecule has 0 aromatic heterocycles. The van der Waals surface area contributed by atoms with Crippen LogP contribution in [0.25, 0.3) is 0 Å². The van der Waals surface area contributed by atoms with Gasteiger partial charge in [-0.25, -0.2) is 0 Å². The number of fused-ring (bicyclic) bond motifs is 1. The van der Waals surface area contributed by atoms with Crippen LogP contribution in [0.2, 0.25) is 0 Å². The summed E-state index contributed by atoms with van der Waals surface area (Å²) in [5, 5.41) is 3.37. The molecule has 0 radical (unpaired) electrons. The van der Waals surface area contributed by atoms with E-state index in [1.165, 1.54) is 29.7 Å². The Labute approximate surface area is 77.7 Å². The van der Waals surface area contributed by atoms with Crippen LogP contribution in [0.4, 0.5) is 5.69 Å². The highest BCUT2D eigenvalue weighted by atomic mass is 35.5. The van der Waals surface area contributed by atoms with Gasteiger partial charge in [-0.1, -0.05) is 12.1 Å². The average molecular weight is 182 g/mol. The van der Waals surface area contributed by atoms with E-state index in [9.17, 15) is 0 Å². The lowest BCUT2D eigenvalue weighted by molar-refractivity contribution is 0.829. The third-order valence-corrected chi connectivity index (χ3v) is 2.57. The summed E-state index contributed by atoms with van der Waals surface area (Å²) in [7, 11) is 0. The lowest BCUT2D eigenvalue weighted by Gasteiger charge is -2.18. The molecule has 1 nitrogen and oxygen atoms in total. The molecule has 0 unspecified atom stereocenters. The molecule has 1 aromatic rings. The van der Waals surface area contributed by atoms with Crippen LogP contribution in [-0.4, -0.2) is 6.54 Å². The van der Waals surface area contributed by atoms with Crippen LogP contribution in [0.5, 0.6) is 0 Å². The van der Waals surface area contributed by atoms with E-state index in [-0.39, 0.29) is 0 Å². The van der Waals surface area contributed by atoms with E-state index in [1.54, 1.807) is 0 Å². The molecule has 12 heavy (non-hydrogen) atoms. The van der Waals surface area contributed by atoms with Crippen LogP contribution in [0.15, 0.2) is 18.2 Å². The fourth-order valence-corrected chi connectivity index (χ4v) is 1.78. The van der Waals surface area contributed by atoms with Gasteiger partial charge in [-0.2, -0.15) is 0 Å². The standard InChI is InChI=1S/C10H12ClN/c11-7-8-3-4-10-9(6-8)2-1-5-12-10/h3-4,6,12H,1-2,5,7H2. The third kappa shape index (κ3) is 1.42. The minimum absolute atomic E-state index is 0.618. The molecule has 0 bridgehead atoms. The van der Waals surface area contributed by atoms with Gasteiger partial charge in [-0.3, -0.25) is 0 Å². The fourth-order valence-electron chi connectivity index (χ4n) is 1.61. The zero-order valence-electron chi connectivity index (χ0n) is 6.94.